The molecular weight excluding hydrogens is 330 g/mol. The molecule has 4 rings (SSSR count). The number of nitrogens with one attached hydrogen (secondary N) is 3. The molecule has 7 heteroatoms. The number of hydrogen-bond donors (Lipinski definition) is 3. The number of H-pyrrole nitrogens is 2. The van der Waals surface area contributed by atoms with Crippen molar-refractivity contribution in [1.82, 2.24) is 25.5 Å². The summed E-state index contributed by atoms with van der Waals surface area (Å²) in [5.74, 6) is 0.216. The van der Waals surface area contributed by atoms with Gasteiger partial charge in [-0.05, 0) is 42.4 Å². The quantitative estimate of drug-likeness (QED) is 0.652. The fourth-order valence-electron chi connectivity index (χ4n) is 3.44. The van der Waals surface area contributed by atoms with Crippen molar-refractivity contribution in [3.63, 3.8) is 0 Å². The Bertz CT molecular complexity index is 977. The van der Waals surface area contributed by atoms with E-state index in [1.54, 1.807) is 6.20 Å². The molecule has 3 N–H and O–H groups in total. The molecular formula is C19H19N5O2. The van der Waals surface area contributed by atoms with Gasteiger partial charge in [0.25, 0.3) is 5.91 Å². The molecule has 1 aliphatic rings. The molecule has 132 valence electrons. The lowest BCUT2D eigenvalue weighted by Crippen LogP contribution is -2.31. The topological polar surface area (TPSA) is 104 Å². The molecule has 0 bridgehead atoms. The Kier molecular flexibility index (Phi) is 4.35. The van der Waals surface area contributed by atoms with E-state index in [1.165, 1.54) is 0 Å². The molecule has 1 aromatic carbocycles. The lowest BCUT2D eigenvalue weighted by atomic mass is 10.0. The summed E-state index contributed by atoms with van der Waals surface area (Å²) in [7, 11) is 0. The zero-order chi connectivity index (χ0) is 17.9. The van der Waals surface area contributed by atoms with E-state index in [0.29, 0.717) is 17.8 Å². The summed E-state index contributed by atoms with van der Waals surface area (Å²) < 4.78 is 0. The van der Waals surface area contributed by atoms with Crippen LogP contribution in [-0.2, 0) is 19.3 Å². The lowest BCUT2D eigenvalue weighted by molar-refractivity contribution is 0.0933. The Hall–Kier alpha value is -3.22. The van der Waals surface area contributed by atoms with Crippen molar-refractivity contribution >= 4 is 5.91 Å². The van der Waals surface area contributed by atoms with Gasteiger partial charge in [0, 0.05) is 12.4 Å². The number of aryl methyl sites for hydroxylation is 1. The Balaban J connectivity index is 1.61. The molecule has 0 radical (unpaired) electrons. The monoisotopic (exact) mass is 349 g/mol. The van der Waals surface area contributed by atoms with Crippen LogP contribution >= 0.6 is 0 Å². The van der Waals surface area contributed by atoms with Crippen LogP contribution in [0.3, 0.4) is 0 Å². The number of rotatable bonds is 5. The minimum absolute atomic E-state index is 0.193. The van der Waals surface area contributed by atoms with Gasteiger partial charge in [0.15, 0.2) is 5.82 Å². The van der Waals surface area contributed by atoms with Gasteiger partial charge in [-0.3, -0.25) is 14.8 Å². The van der Waals surface area contributed by atoms with Gasteiger partial charge in [0.2, 0.25) is 0 Å². The summed E-state index contributed by atoms with van der Waals surface area (Å²) >= 11 is 0. The molecule has 1 aliphatic carbocycles. The van der Waals surface area contributed by atoms with E-state index in [2.05, 4.69) is 25.5 Å². The van der Waals surface area contributed by atoms with Crippen LogP contribution < -0.4 is 11.0 Å². The largest absolute Gasteiger partial charge is 0.342 e. The minimum atomic E-state index is -0.443. The summed E-state index contributed by atoms with van der Waals surface area (Å²) in [6, 6.07) is 9.33. The van der Waals surface area contributed by atoms with Gasteiger partial charge in [-0.2, -0.15) is 5.10 Å². The average molecular weight is 349 g/mol. The predicted molar refractivity (Wildman–Crippen MR) is 95.8 cm³/mol. The molecule has 0 fully saturated rings. The number of nitrogens with zero attached hydrogens (tertiary/aromatic N) is 2. The zero-order valence-electron chi connectivity index (χ0n) is 14.2. The first-order valence-electron chi connectivity index (χ1n) is 8.66. The van der Waals surface area contributed by atoms with E-state index < -0.39 is 11.7 Å². The molecule has 2 heterocycles. The third-order valence-electron chi connectivity index (χ3n) is 4.70. The third-order valence-corrected chi connectivity index (χ3v) is 4.70. The summed E-state index contributed by atoms with van der Waals surface area (Å²) in [6.07, 6.45) is 6.88. The maximum absolute atomic E-state index is 12.9. The Morgan fingerprint density at radius 3 is 2.81 bits per heavy atom. The fourth-order valence-corrected chi connectivity index (χ4v) is 3.44. The minimum Gasteiger partial charge on any atom is -0.342 e. The number of benzene rings is 1. The lowest BCUT2D eigenvalue weighted by Gasteiger charge is -2.17. The molecule has 1 atom stereocenters. The van der Waals surface area contributed by atoms with Gasteiger partial charge in [-0.15, -0.1) is 0 Å². The van der Waals surface area contributed by atoms with Crippen LogP contribution in [0.25, 0.3) is 0 Å². The van der Waals surface area contributed by atoms with Crippen LogP contribution in [-0.4, -0.2) is 26.1 Å². The van der Waals surface area contributed by atoms with Crippen LogP contribution in [0.1, 0.15) is 45.3 Å². The third kappa shape index (κ3) is 3.28. The first kappa shape index (κ1) is 16.3. The molecule has 1 amide bonds. The van der Waals surface area contributed by atoms with Gasteiger partial charge < -0.3 is 5.32 Å². The number of pyridine rings is 1. The number of amides is 1. The van der Waals surface area contributed by atoms with Gasteiger partial charge in [-0.25, -0.2) is 9.89 Å². The Morgan fingerprint density at radius 2 is 2.04 bits per heavy atom. The summed E-state index contributed by atoms with van der Waals surface area (Å²) in [4.78, 5) is 31.2. The number of aromatic nitrogens is 4. The highest BCUT2D eigenvalue weighted by molar-refractivity contribution is 5.96. The molecule has 2 aromatic heterocycles. The first-order chi connectivity index (χ1) is 12.7. The Labute approximate surface area is 149 Å². The molecule has 1 unspecified atom stereocenters. The van der Waals surface area contributed by atoms with E-state index in [9.17, 15) is 9.59 Å². The average Bonchev–Trinajstić information content (AvgIpc) is 3.30. The molecule has 7 nitrogen and oxygen atoms in total. The second kappa shape index (κ2) is 6.95. The van der Waals surface area contributed by atoms with Crippen molar-refractivity contribution < 1.29 is 4.79 Å². The Morgan fingerprint density at radius 1 is 1.19 bits per heavy atom. The van der Waals surface area contributed by atoms with Crippen molar-refractivity contribution in [2.45, 2.75) is 31.7 Å². The van der Waals surface area contributed by atoms with Crippen molar-refractivity contribution in [3.05, 3.63) is 81.3 Å². The summed E-state index contributed by atoms with van der Waals surface area (Å²) in [5.41, 5.74) is 3.47. The van der Waals surface area contributed by atoms with E-state index in [0.717, 1.165) is 36.0 Å². The van der Waals surface area contributed by atoms with E-state index in [4.69, 9.17) is 0 Å². The van der Waals surface area contributed by atoms with Crippen molar-refractivity contribution in [1.29, 1.82) is 0 Å². The number of fused-ring (bicyclic) bond motifs is 1. The predicted octanol–water partition coefficient (Wildman–Crippen LogP) is 1.70. The van der Waals surface area contributed by atoms with Crippen LogP contribution in [0.4, 0.5) is 0 Å². The molecule has 0 aliphatic heterocycles. The van der Waals surface area contributed by atoms with Crippen LogP contribution in [0.5, 0.6) is 0 Å². The van der Waals surface area contributed by atoms with Crippen LogP contribution in [0, 0.1) is 0 Å². The molecule has 0 saturated carbocycles. The molecule has 26 heavy (non-hydrogen) atoms. The fraction of sp³-hybridized carbons (Fsp3) is 0.263. The van der Waals surface area contributed by atoms with Crippen molar-refractivity contribution in [2.24, 2.45) is 0 Å². The SMILES string of the molecule is O=C(NC(Cc1ccccc1)c1n[nH]c(=O)[nH]1)c1cncc2c1CCC2. The summed E-state index contributed by atoms with van der Waals surface area (Å²) in [6.45, 7) is 0. The van der Waals surface area contributed by atoms with Crippen LogP contribution in [0.2, 0.25) is 0 Å². The number of aromatic amines is 2. The van der Waals surface area contributed by atoms with Gasteiger partial charge >= 0.3 is 5.69 Å². The number of carbonyl (C=O) groups excluding carboxylic acids is 1. The highest BCUT2D eigenvalue weighted by atomic mass is 16.2. The number of hydrogen-bond acceptors (Lipinski definition) is 4. The maximum atomic E-state index is 12.9. The molecule has 0 saturated heterocycles. The second-order valence-electron chi connectivity index (χ2n) is 6.46. The highest BCUT2D eigenvalue weighted by Gasteiger charge is 2.24. The van der Waals surface area contributed by atoms with E-state index in [1.807, 2.05) is 36.5 Å². The van der Waals surface area contributed by atoms with E-state index in [-0.39, 0.29) is 5.91 Å². The van der Waals surface area contributed by atoms with E-state index >= 15 is 0 Å². The van der Waals surface area contributed by atoms with Gasteiger partial charge in [0.05, 0.1) is 11.6 Å². The van der Waals surface area contributed by atoms with Crippen molar-refractivity contribution in [3.8, 4) is 0 Å². The maximum Gasteiger partial charge on any atom is 0.340 e. The zero-order valence-corrected chi connectivity index (χ0v) is 14.2. The second-order valence-corrected chi connectivity index (χ2v) is 6.46. The normalized spacial score (nSPS) is 14.0. The summed E-state index contributed by atoms with van der Waals surface area (Å²) in [5, 5.41) is 9.38. The standard InChI is InChI=1S/C19H19N5O2/c25-18(15-11-20-10-13-7-4-8-14(13)15)21-16(17-22-19(26)24-23-17)9-12-5-2-1-3-6-12/h1-3,5-6,10-11,16H,4,7-9H2,(H,21,25)(H2,22,23,24,26). The van der Waals surface area contributed by atoms with Gasteiger partial charge in [-0.1, -0.05) is 30.3 Å². The molecule has 3 aromatic rings. The number of carbonyl (C=O) groups is 1. The smallest absolute Gasteiger partial charge is 0.340 e. The molecule has 0 spiro atoms. The highest BCUT2D eigenvalue weighted by Crippen LogP contribution is 2.25. The first-order valence-corrected chi connectivity index (χ1v) is 8.66. The van der Waals surface area contributed by atoms with Crippen molar-refractivity contribution in [2.75, 3.05) is 0 Å². The van der Waals surface area contributed by atoms with Gasteiger partial charge in [0.1, 0.15) is 0 Å². The van der Waals surface area contributed by atoms with Crippen LogP contribution in [0.15, 0.2) is 47.5 Å².